The SMILES string of the molecule is CCC(O)(CC)CNCc1c(C)nn(C)c1C. The molecule has 0 fully saturated rings. The second kappa shape index (κ2) is 5.65. The Bertz CT molecular complexity index is 367. The van der Waals surface area contributed by atoms with Gasteiger partial charge in [0.15, 0.2) is 0 Å². The van der Waals surface area contributed by atoms with Crippen LogP contribution in [0.2, 0.25) is 0 Å². The fourth-order valence-electron chi connectivity index (χ4n) is 1.99. The van der Waals surface area contributed by atoms with Gasteiger partial charge in [0.2, 0.25) is 0 Å². The Labute approximate surface area is 104 Å². The lowest BCUT2D eigenvalue weighted by atomic mass is 9.97. The molecule has 4 heteroatoms. The minimum Gasteiger partial charge on any atom is -0.389 e. The fourth-order valence-corrected chi connectivity index (χ4v) is 1.99. The summed E-state index contributed by atoms with van der Waals surface area (Å²) in [5.74, 6) is 0. The molecule has 0 unspecified atom stereocenters. The third-order valence-electron chi connectivity index (χ3n) is 3.73. The van der Waals surface area contributed by atoms with Crippen molar-refractivity contribution in [2.45, 2.75) is 52.7 Å². The zero-order valence-electron chi connectivity index (χ0n) is 11.7. The molecule has 1 aromatic heterocycles. The van der Waals surface area contributed by atoms with Crippen LogP contribution < -0.4 is 5.32 Å². The lowest BCUT2D eigenvalue weighted by molar-refractivity contribution is 0.0323. The molecule has 0 aliphatic carbocycles. The predicted molar refractivity (Wildman–Crippen MR) is 69.9 cm³/mol. The Morgan fingerprint density at radius 1 is 1.29 bits per heavy atom. The topological polar surface area (TPSA) is 50.1 Å². The Morgan fingerprint density at radius 3 is 2.29 bits per heavy atom. The molecule has 0 saturated carbocycles. The fraction of sp³-hybridized carbons (Fsp3) is 0.769. The summed E-state index contributed by atoms with van der Waals surface area (Å²) in [6.07, 6.45) is 1.56. The maximum absolute atomic E-state index is 10.2. The largest absolute Gasteiger partial charge is 0.389 e. The highest BCUT2D eigenvalue weighted by Gasteiger charge is 2.21. The van der Waals surface area contributed by atoms with Gasteiger partial charge in [-0.25, -0.2) is 0 Å². The number of hydrogen-bond acceptors (Lipinski definition) is 3. The van der Waals surface area contributed by atoms with Crippen molar-refractivity contribution in [3.05, 3.63) is 17.0 Å². The first-order valence-electron chi connectivity index (χ1n) is 6.35. The van der Waals surface area contributed by atoms with Crippen LogP contribution in [0.4, 0.5) is 0 Å². The van der Waals surface area contributed by atoms with Crippen molar-refractivity contribution in [1.82, 2.24) is 15.1 Å². The highest BCUT2D eigenvalue weighted by Crippen LogP contribution is 2.15. The van der Waals surface area contributed by atoms with Crippen LogP contribution in [0.25, 0.3) is 0 Å². The highest BCUT2D eigenvalue weighted by atomic mass is 16.3. The van der Waals surface area contributed by atoms with Gasteiger partial charge in [0, 0.05) is 31.4 Å². The molecular formula is C13H25N3O. The summed E-state index contributed by atoms with van der Waals surface area (Å²) in [5.41, 5.74) is 2.91. The lowest BCUT2D eigenvalue weighted by Gasteiger charge is -2.25. The molecule has 0 bridgehead atoms. The molecule has 0 aliphatic rings. The Hall–Kier alpha value is -0.870. The van der Waals surface area contributed by atoms with Gasteiger partial charge in [-0.3, -0.25) is 4.68 Å². The first-order chi connectivity index (χ1) is 7.93. The normalized spacial score (nSPS) is 12.1. The molecule has 0 saturated heterocycles. The van der Waals surface area contributed by atoms with E-state index >= 15 is 0 Å². The summed E-state index contributed by atoms with van der Waals surface area (Å²) in [6.45, 7) is 9.54. The molecule has 17 heavy (non-hydrogen) atoms. The molecule has 1 heterocycles. The first-order valence-corrected chi connectivity index (χ1v) is 6.35. The predicted octanol–water partition coefficient (Wildman–Crippen LogP) is 1.68. The maximum Gasteiger partial charge on any atom is 0.0766 e. The summed E-state index contributed by atoms with van der Waals surface area (Å²) < 4.78 is 1.90. The summed E-state index contributed by atoms with van der Waals surface area (Å²) in [6, 6.07) is 0. The number of aliphatic hydroxyl groups is 1. The van der Waals surface area contributed by atoms with Gasteiger partial charge in [-0.1, -0.05) is 13.8 Å². The molecule has 0 aromatic carbocycles. The number of aryl methyl sites for hydroxylation is 2. The van der Waals surface area contributed by atoms with E-state index in [0.29, 0.717) is 6.54 Å². The average molecular weight is 239 g/mol. The lowest BCUT2D eigenvalue weighted by Crippen LogP contribution is -2.39. The van der Waals surface area contributed by atoms with E-state index < -0.39 is 5.60 Å². The standard InChI is InChI=1S/C13H25N3O/c1-6-13(17,7-2)9-14-8-12-10(3)15-16(5)11(12)4/h14,17H,6-9H2,1-5H3. The number of nitrogens with zero attached hydrogens (tertiary/aromatic N) is 2. The zero-order valence-corrected chi connectivity index (χ0v) is 11.7. The minimum atomic E-state index is -0.579. The van der Waals surface area contributed by atoms with E-state index in [4.69, 9.17) is 0 Å². The molecule has 0 aliphatic heterocycles. The molecule has 4 nitrogen and oxygen atoms in total. The van der Waals surface area contributed by atoms with E-state index in [1.54, 1.807) is 0 Å². The highest BCUT2D eigenvalue weighted by molar-refractivity contribution is 5.23. The Kier molecular flexibility index (Phi) is 4.71. The van der Waals surface area contributed by atoms with Crippen molar-refractivity contribution >= 4 is 0 Å². The van der Waals surface area contributed by atoms with Crippen LogP contribution in [0.3, 0.4) is 0 Å². The van der Waals surface area contributed by atoms with Crippen molar-refractivity contribution in [2.75, 3.05) is 6.54 Å². The van der Waals surface area contributed by atoms with Gasteiger partial charge in [0.1, 0.15) is 0 Å². The summed E-state index contributed by atoms with van der Waals surface area (Å²) >= 11 is 0. The van der Waals surface area contributed by atoms with Crippen LogP contribution in [0.5, 0.6) is 0 Å². The van der Waals surface area contributed by atoms with Crippen molar-refractivity contribution in [3.8, 4) is 0 Å². The van der Waals surface area contributed by atoms with Crippen LogP contribution in [0, 0.1) is 13.8 Å². The number of hydrogen-bond donors (Lipinski definition) is 2. The Balaban J connectivity index is 2.57. The number of aromatic nitrogens is 2. The average Bonchev–Trinajstić information content (AvgIpc) is 2.55. The van der Waals surface area contributed by atoms with E-state index in [1.807, 2.05) is 32.5 Å². The van der Waals surface area contributed by atoms with E-state index in [0.717, 1.165) is 25.1 Å². The molecule has 0 spiro atoms. The van der Waals surface area contributed by atoms with Crippen molar-refractivity contribution in [2.24, 2.45) is 7.05 Å². The number of nitrogens with one attached hydrogen (secondary N) is 1. The quantitative estimate of drug-likeness (QED) is 0.794. The minimum absolute atomic E-state index is 0.579. The van der Waals surface area contributed by atoms with Gasteiger partial charge < -0.3 is 10.4 Å². The third kappa shape index (κ3) is 3.30. The molecule has 1 rings (SSSR count). The molecule has 0 atom stereocenters. The monoisotopic (exact) mass is 239 g/mol. The van der Waals surface area contributed by atoms with E-state index in [2.05, 4.69) is 17.3 Å². The van der Waals surface area contributed by atoms with Gasteiger partial charge >= 0.3 is 0 Å². The molecule has 2 N–H and O–H groups in total. The molecule has 0 radical (unpaired) electrons. The van der Waals surface area contributed by atoms with E-state index in [9.17, 15) is 5.11 Å². The van der Waals surface area contributed by atoms with Crippen LogP contribution in [0.1, 0.15) is 43.6 Å². The van der Waals surface area contributed by atoms with E-state index in [-0.39, 0.29) is 0 Å². The smallest absolute Gasteiger partial charge is 0.0766 e. The van der Waals surface area contributed by atoms with Gasteiger partial charge in [0.25, 0.3) is 0 Å². The third-order valence-corrected chi connectivity index (χ3v) is 3.73. The van der Waals surface area contributed by atoms with Crippen LogP contribution >= 0.6 is 0 Å². The van der Waals surface area contributed by atoms with Crippen LogP contribution in [0.15, 0.2) is 0 Å². The van der Waals surface area contributed by atoms with Gasteiger partial charge in [-0.15, -0.1) is 0 Å². The summed E-state index contributed by atoms with van der Waals surface area (Å²) in [5, 5.41) is 17.9. The van der Waals surface area contributed by atoms with Crippen molar-refractivity contribution < 1.29 is 5.11 Å². The number of rotatable bonds is 6. The van der Waals surface area contributed by atoms with Gasteiger partial charge in [-0.05, 0) is 26.7 Å². The maximum atomic E-state index is 10.2. The molecule has 98 valence electrons. The van der Waals surface area contributed by atoms with Crippen LogP contribution in [-0.4, -0.2) is 27.0 Å². The second-order valence-electron chi connectivity index (χ2n) is 4.81. The van der Waals surface area contributed by atoms with Crippen molar-refractivity contribution in [1.29, 1.82) is 0 Å². The van der Waals surface area contributed by atoms with Gasteiger partial charge in [-0.2, -0.15) is 5.10 Å². The Morgan fingerprint density at radius 2 is 1.88 bits per heavy atom. The molecule has 0 amide bonds. The van der Waals surface area contributed by atoms with E-state index in [1.165, 1.54) is 11.3 Å². The first kappa shape index (κ1) is 14.2. The van der Waals surface area contributed by atoms with Gasteiger partial charge in [0.05, 0.1) is 11.3 Å². The summed E-state index contributed by atoms with van der Waals surface area (Å²) in [4.78, 5) is 0. The summed E-state index contributed by atoms with van der Waals surface area (Å²) in [7, 11) is 1.96. The molecular weight excluding hydrogens is 214 g/mol. The zero-order chi connectivity index (χ0) is 13.1. The van der Waals surface area contributed by atoms with Crippen LogP contribution in [-0.2, 0) is 13.6 Å². The second-order valence-corrected chi connectivity index (χ2v) is 4.81. The van der Waals surface area contributed by atoms with Crippen molar-refractivity contribution in [3.63, 3.8) is 0 Å². The molecule has 1 aromatic rings.